The Balaban J connectivity index is 2.13. The monoisotopic (exact) mass is 251 g/mol. The predicted octanol–water partition coefficient (Wildman–Crippen LogP) is 0.849. The normalized spacial score (nSPS) is 12.3. The lowest BCUT2D eigenvalue weighted by Gasteiger charge is -2.11. The van der Waals surface area contributed by atoms with Gasteiger partial charge in [-0.05, 0) is 6.07 Å². The zero-order valence-corrected chi connectivity index (χ0v) is 9.19. The number of benzene rings is 1. The molecule has 94 valence electrons. The fourth-order valence-corrected chi connectivity index (χ4v) is 1.51. The first-order valence-corrected chi connectivity index (χ1v) is 5.14. The fraction of sp³-hybridized carbons (Fsp3) is 0.182. The summed E-state index contributed by atoms with van der Waals surface area (Å²) in [5, 5.41) is 25.4. The molecular formula is C11H10FN3O3. The molecule has 0 aliphatic heterocycles. The minimum atomic E-state index is -1.21. The van der Waals surface area contributed by atoms with E-state index in [0.717, 1.165) is 4.68 Å². The van der Waals surface area contributed by atoms with Crippen LogP contribution >= 0.6 is 0 Å². The summed E-state index contributed by atoms with van der Waals surface area (Å²) < 4.78 is 14.5. The number of halogens is 1. The molecule has 0 aliphatic carbocycles. The van der Waals surface area contributed by atoms with Gasteiger partial charge >= 0.3 is 5.97 Å². The summed E-state index contributed by atoms with van der Waals surface area (Å²) in [4.78, 5) is 10.6. The van der Waals surface area contributed by atoms with Crippen molar-refractivity contribution >= 4 is 5.97 Å². The van der Waals surface area contributed by atoms with E-state index >= 15 is 0 Å². The lowest BCUT2D eigenvalue weighted by molar-refractivity contribution is 0.0690. The number of hydrogen-bond donors (Lipinski definition) is 2. The number of carboxylic acid groups (broad SMARTS) is 1. The standard InChI is InChI=1S/C11H10FN3O3/c12-8-4-2-1-3-7(8)10(16)6-15-5-9(11(17)18)13-14-15/h1-5,10,16H,6H2,(H,17,18)/t10-/m0/s1. The Hall–Kier alpha value is -2.28. The highest BCUT2D eigenvalue weighted by Crippen LogP contribution is 2.17. The van der Waals surface area contributed by atoms with E-state index in [0.29, 0.717) is 0 Å². The molecule has 2 aromatic rings. The van der Waals surface area contributed by atoms with Gasteiger partial charge < -0.3 is 10.2 Å². The van der Waals surface area contributed by atoms with Crippen molar-refractivity contribution in [2.45, 2.75) is 12.6 Å². The molecule has 0 saturated carbocycles. The van der Waals surface area contributed by atoms with E-state index in [-0.39, 0.29) is 17.8 Å². The Kier molecular flexibility index (Phi) is 3.33. The van der Waals surface area contributed by atoms with Crippen LogP contribution < -0.4 is 0 Å². The molecule has 1 aromatic carbocycles. The Morgan fingerprint density at radius 2 is 2.17 bits per heavy atom. The van der Waals surface area contributed by atoms with Crippen LogP contribution in [0.1, 0.15) is 22.2 Å². The molecule has 1 aromatic heterocycles. The molecule has 0 saturated heterocycles. The number of aliphatic hydroxyl groups excluding tert-OH is 1. The lowest BCUT2D eigenvalue weighted by atomic mass is 10.1. The van der Waals surface area contributed by atoms with Gasteiger partial charge in [-0.25, -0.2) is 13.9 Å². The molecule has 6 nitrogen and oxygen atoms in total. The molecule has 0 unspecified atom stereocenters. The molecule has 0 spiro atoms. The van der Waals surface area contributed by atoms with Gasteiger partial charge in [0, 0.05) is 5.56 Å². The number of hydrogen-bond acceptors (Lipinski definition) is 4. The second-order valence-corrected chi connectivity index (χ2v) is 3.67. The average Bonchev–Trinajstić information content (AvgIpc) is 2.78. The molecule has 2 rings (SSSR count). The molecule has 1 heterocycles. The topological polar surface area (TPSA) is 88.2 Å². The third kappa shape index (κ3) is 2.51. The van der Waals surface area contributed by atoms with E-state index in [1.54, 1.807) is 6.07 Å². The van der Waals surface area contributed by atoms with Gasteiger partial charge in [0.15, 0.2) is 5.69 Å². The van der Waals surface area contributed by atoms with Crippen LogP contribution in [0.4, 0.5) is 4.39 Å². The first kappa shape index (κ1) is 12.2. The number of aromatic carboxylic acids is 1. The van der Waals surface area contributed by atoms with Gasteiger partial charge in [0.25, 0.3) is 0 Å². The minimum absolute atomic E-state index is 0.0682. The predicted molar refractivity (Wildman–Crippen MR) is 58.3 cm³/mol. The Bertz CT molecular complexity index is 570. The van der Waals surface area contributed by atoms with Crippen LogP contribution in [0.3, 0.4) is 0 Å². The number of nitrogens with zero attached hydrogens (tertiary/aromatic N) is 3. The van der Waals surface area contributed by atoms with Crippen LogP contribution in [0, 0.1) is 5.82 Å². The van der Waals surface area contributed by atoms with Crippen molar-refractivity contribution in [2.24, 2.45) is 0 Å². The van der Waals surface area contributed by atoms with E-state index < -0.39 is 17.9 Å². The first-order chi connectivity index (χ1) is 8.58. The van der Waals surface area contributed by atoms with Crippen LogP contribution in [-0.4, -0.2) is 31.2 Å². The van der Waals surface area contributed by atoms with Crippen LogP contribution in [0.5, 0.6) is 0 Å². The van der Waals surface area contributed by atoms with Gasteiger partial charge in [-0.1, -0.05) is 23.4 Å². The van der Waals surface area contributed by atoms with E-state index in [2.05, 4.69) is 10.3 Å². The molecule has 0 amide bonds. The summed E-state index contributed by atoms with van der Waals surface area (Å²) in [6.45, 7) is -0.0682. The van der Waals surface area contributed by atoms with Crippen molar-refractivity contribution in [3.8, 4) is 0 Å². The second-order valence-electron chi connectivity index (χ2n) is 3.67. The highest BCUT2D eigenvalue weighted by atomic mass is 19.1. The van der Waals surface area contributed by atoms with Crippen LogP contribution in [0.2, 0.25) is 0 Å². The minimum Gasteiger partial charge on any atom is -0.476 e. The third-order valence-corrected chi connectivity index (χ3v) is 2.38. The maximum atomic E-state index is 13.4. The highest BCUT2D eigenvalue weighted by Gasteiger charge is 2.15. The first-order valence-electron chi connectivity index (χ1n) is 5.14. The highest BCUT2D eigenvalue weighted by molar-refractivity contribution is 5.84. The largest absolute Gasteiger partial charge is 0.476 e. The second kappa shape index (κ2) is 4.92. The SMILES string of the molecule is O=C(O)c1cn(C[C@H](O)c2ccccc2F)nn1. The van der Waals surface area contributed by atoms with Gasteiger partial charge in [-0.3, -0.25) is 0 Å². The zero-order chi connectivity index (χ0) is 13.1. The van der Waals surface area contributed by atoms with E-state index in [1.165, 1.54) is 24.4 Å². The third-order valence-electron chi connectivity index (χ3n) is 2.38. The Morgan fingerprint density at radius 3 is 2.78 bits per heavy atom. The Morgan fingerprint density at radius 1 is 1.44 bits per heavy atom. The molecule has 0 radical (unpaired) electrons. The van der Waals surface area contributed by atoms with Crippen molar-refractivity contribution < 1.29 is 19.4 Å². The van der Waals surface area contributed by atoms with Crippen molar-refractivity contribution in [3.05, 3.63) is 47.5 Å². The summed E-state index contributed by atoms with van der Waals surface area (Å²) in [7, 11) is 0. The molecule has 18 heavy (non-hydrogen) atoms. The van der Waals surface area contributed by atoms with Gasteiger partial charge in [0.1, 0.15) is 11.9 Å². The molecule has 0 bridgehead atoms. The van der Waals surface area contributed by atoms with Crippen LogP contribution in [0.15, 0.2) is 30.5 Å². The average molecular weight is 251 g/mol. The number of aromatic nitrogens is 3. The smallest absolute Gasteiger partial charge is 0.358 e. The van der Waals surface area contributed by atoms with Gasteiger partial charge in [0.2, 0.25) is 0 Å². The summed E-state index contributed by atoms with van der Waals surface area (Å²) in [6, 6.07) is 5.81. The summed E-state index contributed by atoms with van der Waals surface area (Å²) >= 11 is 0. The Labute approximate surface area is 101 Å². The molecule has 0 aliphatic rings. The number of carboxylic acids is 1. The molecular weight excluding hydrogens is 241 g/mol. The summed E-state index contributed by atoms with van der Waals surface area (Å²) in [5.41, 5.74) is -0.0967. The van der Waals surface area contributed by atoms with Gasteiger partial charge in [-0.2, -0.15) is 0 Å². The molecule has 7 heteroatoms. The van der Waals surface area contributed by atoms with Crippen molar-refractivity contribution in [2.75, 3.05) is 0 Å². The zero-order valence-electron chi connectivity index (χ0n) is 9.19. The maximum absolute atomic E-state index is 13.4. The van der Waals surface area contributed by atoms with Crippen LogP contribution in [0.25, 0.3) is 0 Å². The lowest BCUT2D eigenvalue weighted by Crippen LogP contribution is -2.10. The van der Waals surface area contributed by atoms with E-state index in [9.17, 15) is 14.3 Å². The van der Waals surface area contributed by atoms with Crippen LogP contribution in [-0.2, 0) is 6.54 Å². The van der Waals surface area contributed by atoms with Crippen molar-refractivity contribution in [3.63, 3.8) is 0 Å². The van der Waals surface area contributed by atoms with E-state index in [4.69, 9.17) is 5.11 Å². The van der Waals surface area contributed by atoms with Gasteiger partial charge in [-0.15, -0.1) is 5.10 Å². The van der Waals surface area contributed by atoms with Gasteiger partial charge in [0.05, 0.1) is 12.7 Å². The number of aliphatic hydroxyl groups is 1. The van der Waals surface area contributed by atoms with Crippen molar-refractivity contribution in [1.82, 2.24) is 15.0 Å². The summed E-state index contributed by atoms with van der Waals surface area (Å²) in [5.74, 6) is -1.73. The van der Waals surface area contributed by atoms with E-state index in [1.807, 2.05) is 0 Å². The maximum Gasteiger partial charge on any atom is 0.358 e. The molecule has 0 fully saturated rings. The molecule has 2 N–H and O–H groups in total. The quantitative estimate of drug-likeness (QED) is 0.841. The fourth-order valence-electron chi connectivity index (χ4n) is 1.51. The molecule has 1 atom stereocenters. The number of rotatable bonds is 4. The van der Waals surface area contributed by atoms with Crippen molar-refractivity contribution in [1.29, 1.82) is 0 Å². The summed E-state index contributed by atoms with van der Waals surface area (Å²) in [6.07, 6.45) is 0.0569. The number of carbonyl (C=O) groups is 1.